The van der Waals surface area contributed by atoms with Crippen LogP contribution in [0, 0.1) is 6.92 Å². The van der Waals surface area contributed by atoms with Crippen LogP contribution >= 0.6 is 11.3 Å². The van der Waals surface area contributed by atoms with Gasteiger partial charge in [0.15, 0.2) is 0 Å². The maximum absolute atomic E-state index is 5.79. The molecule has 2 aromatic rings. The first-order chi connectivity index (χ1) is 7.75. The van der Waals surface area contributed by atoms with Crippen molar-refractivity contribution in [1.82, 2.24) is 15.3 Å². The molecule has 3 N–H and O–H groups in total. The molecule has 2 heterocycles. The molecule has 0 saturated heterocycles. The Morgan fingerprint density at radius 3 is 3.00 bits per heavy atom. The Kier molecular flexibility index (Phi) is 3.48. The van der Waals surface area contributed by atoms with Crippen LogP contribution in [0.3, 0.4) is 0 Å². The van der Waals surface area contributed by atoms with E-state index in [9.17, 15) is 0 Å². The SMILES string of the molecule is Cc1csc(CNCc2ncccc2N)n1. The molecule has 0 fully saturated rings. The normalized spacial score (nSPS) is 10.6. The Bertz CT molecular complexity index is 467. The number of nitrogens with one attached hydrogen (secondary N) is 1. The summed E-state index contributed by atoms with van der Waals surface area (Å²) in [5.74, 6) is 0. The molecule has 0 aliphatic heterocycles. The lowest BCUT2D eigenvalue weighted by molar-refractivity contribution is 0.677. The Morgan fingerprint density at radius 2 is 2.31 bits per heavy atom. The van der Waals surface area contributed by atoms with Gasteiger partial charge in [-0.05, 0) is 19.1 Å². The molecule has 0 atom stereocenters. The Hall–Kier alpha value is -1.46. The molecule has 2 rings (SSSR count). The molecule has 0 amide bonds. The zero-order valence-electron chi connectivity index (χ0n) is 9.10. The molecule has 5 heteroatoms. The van der Waals surface area contributed by atoms with E-state index in [0.717, 1.165) is 28.6 Å². The molecule has 0 bridgehead atoms. The quantitative estimate of drug-likeness (QED) is 0.845. The van der Waals surface area contributed by atoms with E-state index in [4.69, 9.17) is 5.73 Å². The number of nitrogens with two attached hydrogens (primary N) is 1. The van der Waals surface area contributed by atoms with Gasteiger partial charge in [-0.2, -0.15) is 0 Å². The average Bonchev–Trinajstić information content (AvgIpc) is 2.67. The number of nitrogen functional groups attached to an aromatic ring is 1. The third-order valence-corrected chi connectivity index (χ3v) is 3.13. The summed E-state index contributed by atoms with van der Waals surface area (Å²) < 4.78 is 0. The monoisotopic (exact) mass is 234 g/mol. The Balaban J connectivity index is 1.87. The number of aromatic nitrogens is 2. The van der Waals surface area contributed by atoms with Crippen LogP contribution in [0.25, 0.3) is 0 Å². The van der Waals surface area contributed by atoms with Gasteiger partial charge < -0.3 is 11.1 Å². The van der Waals surface area contributed by atoms with Gasteiger partial charge in [0.1, 0.15) is 5.01 Å². The van der Waals surface area contributed by atoms with Crippen molar-refractivity contribution in [3.05, 3.63) is 40.1 Å². The number of thiazole rings is 1. The van der Waals surface area contributed by atoms with E-state index in [1.165, 1.54) is 0 Å². The van der Waals surface area contributed by atoms with Crippen molar-refractivity contribution in [3.63, 3.8) is 0 Å². The minimum Gasteiger partial charge on any atom is -0.397 e. The van der Waals surface area contributed by atoms with Crippen molar-refractivity contribution in [1.29, 1.82) is 0 Å². The summed E-state index contributed by atoms with van der Waals surface area (Å²) in [6, 6.07) is 3.70. The second-order valence-electron chi connectivity index (χ2n) is 3.53. The summed E-state index contributed by atoms with van der Waals surface area (Å²) >= 11 is 1.66. The summed E-state index contributed by atoms with van der Waals surface area (Å²) in [6.07, 6.45) is 1.75. The zero-order chi connectivity index (χ0) is 11.4. The fraction of sp³-hybridized carbons (Fsp3) is 0.273. The minimum absolute atomic E-state index is 0.672. The van der Waals surface area contributed by atoms with E-state index in [1.807, 2.05) is 24.4 Å². The number of hydrogen-bond donors (Lipinski definition) is 2. The molecule has 0 unspecified atom stereocenters. The van der Waals surface area contributed by atoms with Crippen LogP contribution in [0.2, 0.25) is 0 Å². The van der Waals surface area contributed by atoms with Gasteiger partial charge in [0.2, 0.25) is 0 Å². The van der Waals surface area contributed by atoms with Crippen LogP contribution < -0.4 is 11.1 Å². The zero-order valence-corrected chi connectivity index (χ0v) is 9.92. The number of aryl methyl sites for hydroxylation is 1. The lowest BCUT2D eigenvalue weighted by Gasteiger charge is -2.04. The van der Waals surface area contributed by atoms with Gasteiger partial charge in [0.25, 0.3) is 0 Å². The molecule has 0 radical (unpaired) electrons. The van der Waals surface area contributed by atoms with E-state index >= 15 is 0 Å². The first kappa shape index (κ1) is 11.0. The van der Waals surface area contributed by atoms with Crippen LogP contribution in [0.1, 0.15) is 16.4 Å². The van der Waals surface area contributed by atoms with Crippen molar-refractivity contribution in [2.45, 2.75) is 20.0 Å². The summed E-state index contributed by atoms with van der Waals surface area (Å²) in [7, 11) is 0. The molecule has 0 aliphatic carbocycles. The molecule has 2 aromatic heterocycles. The van der Waals surface area contributed by atoms with E-state index in [1.54, 1.807) is 17.5 Å². The fourth-order valence-electron chi connectivity index (χ4n) is 1.37. The van der Waals surface area contributed by atoms with Gasteiger partial charge in [0.05, 0.1) is 11.4 Å². The van der Waals surface area contributed by atoms with E-state index < -0.39 is 0 Å². The molecule has 84 valence electrons. The molecular weight excluding hydrogens is 220 g/mol. The second kappa shape index (κ2) is 5.05. The third-order valence-electron chi connectivity index (χ3n) is 2.16. The highest BCUT2D eigenvalue weighted by Gasteiger charge is 2.01. The van der Waals surface area contributed by atoms with Gasteiger partial charge in [-0.15, -0.1) is 11.3 Å². The standard InChI is InChI=1S/C11H14N4S/c1-8-7-16-11(15-8)6-13-5-10-9(12)3-2-4-14-10/h2-4,7,13H,5-6,12H2,1H3. The highest BCUT2D eigenvalue weighted by atomic mass is 32.1. The Morgan fingerprint density at radius 1 is 1.44 bits per heavy atom. The molecule has 0 aromatic carbocycles. The van der Waals surface area contributed by atoms with Crippen LogP contribution in [0.15, 0.2) is 23.7 Å². The van der Waals surface area contributed by atoms with Gasteiger partial charge in [0, 0.05) is 30.4 Å². The number of hydrogen-bond acceptors (Lipinski definition) is 5. The first-order valence-corrected chi connectivity index (χ1v) is 5.95. The van der Waals surface area contributed by atoms with Crippen molar-refractivity contribution in [3.8, 4) is 0 Å². The lowest BCUT2D eigenvalue weighted by Crippen LogP contribution is -2.14. The predicted octanol–water partition coefficient (Wildman–Crippen LogP) is 1.72. The number of nitrogens with zero attached hydrogens (tertiary/aromatic N) is 2. The maximum atomic E-state index is 5.79. The van der Waals surface area contributed by atoms with Crippen molar-refractivity contribution < 1.29 is 0 Å². The van der Waals surface area contributed by atoms with Crippen LogP contribution in [-0.4, -0.2) is 9.97 Å². The molecule has 16 heavy (non-hydrogen) atoms. The Labute approximate surface area is 98.6 Å². The minimum atomic E-state index is 0.672. The largest absolute Gasteiger partial charge is 0.397 e. The van der Waals surface area contributed by atoms with E-state index in [2.05, 4.69) is 15.3 Å². The summed E-state index contributed by atoms with van der Waals surface area (Å²) in [4.78, 5) is 8.58. The summed E-state index contributed by atoms with van der Waals surface area (Å²) in [5, 5.41) is 6.42. The van der Waals surface area contributed by atoms with Crippen LogP contribution in [-0.2, 0) is 13.1 Å². The third kappa shape index (κ3) is 2.77. The number of rotatable bonds is 4. The smallest absolute Gasteiger partial charge is 0.107 e. The van der Waals surface area contributed by atoms with Gasteiger partial charge in [-0.1, -0.05) is 0 Å². The number of pyridine rings is 1. The summed E-state index contributed by atoms with van der Waals surface area (Å²) in [6.45, 7) is 3.43. The van der Waals surface area contributed by atoms with Gasteiger partial charge in [-0.25, -0.2) is 4.98 Å². The fourth-order valence-corrected chi connectivity index (χ4v) is 2.11. The molecule has 0 spiro atoms. The second-order valence-corrected chi connectivity index (χ2v) is 4.47. The summed E-state index contributed by atoms with van der Waals surface area (Å²) in [5.41, 5.74) is 8.47. The van der Waals surface area contributed by atoms with Crippen LogP contribution in [0.4, 0.5) is 5.69 Å². The highest BCUT2D eigenvalue weighted by molar-refractivity contribution is 7.09. The number of anilines is 1. The topological polar surface area (TPSA) is 63.8 Å². The average molecular weight is 234 g/mol. The molecule has 0 saturated carbocycles. The molecule has 4 nitrogen and oxygen atoms in total. The molecular formula is C11H14N4S. The lowest BCUT2D eigenvalue weighted by atomic mass is 10.3. The molecule has 0 aliphatic rings. The van der Waals surface area contributed by atoms with Crippen molar-refractivity contribution in [2.75, 3.05) is 5.73 Å². The maximum Gasteiger partial charge on any atom is 0.107 e. The van der Waals surface area contributed by atoms with Crippen molar-refractivity contribution in [2.24, 2.45) is 0 Å². The highest BCUT2D eigenvalue weighted by Crippen LogP contribution is 2.09. The van der Waals surface area contributed by atoms with Crippen LogP contribution in [0.5, 0.6) is 0 Å². The van der Waals surface area contributed by atoms with Crippen molar-refractivity contribution >= 4 is 17.0 Å². The van der Waals surface area contributed by atoms with E-state index in [0.29, 0.717) is 6.54 Å². The van der Waals surface area contributed by atoms with E-state index in [-0.39, 0.29) is 0 Å². The predicted molar refractivity (Wildman–Crippen MR) is 66.0 cm³/mol. The van der Waals surface area contributed by atoms with Gasteiger partial charge >= 0.3 is 0 Å². The first-order valence-electron chi connectivity index (χ1n) is 5.07. The van der Waals surface area contributed by atoms with Gasteiger partial charge in [-0.3, -0.25) is 4.98 Å².